The molecule has 2 heterocycles. The summed E-state index contributed by atoms with van der Waals surface area (Å²) < 4.78 is 0. The molecule has 1 aromatic heterocycles. The Labute approximate surface area is 156 Å². The average molecular weight is 382 g/mol. The highest BCUT2D eigenvalue weighted by atomic mass is 16.3. The molecule has 1 aromatic carbocycles. The van der Waals surface area contributed by atoms with Crippen LogP contribution in [-0.2, 0) is 9.59 Å². The van der Waals surface area contributed by atoms with E-state index in [2.05, 4.69) is 38.9 Å². The lowest BCUT2D eigenvalue weighted by molar-refractivity contribution is -0.123. The van der Waals surface area contributed by atoms with Crippen LogP contribution in [0.4, 0.5) is 5.69 Å². The Bertz CT molecular complexity index is 722. The molecule has 5 N–H and O–H groups in total. The van der Waals surface area contributed by atoms with Crippen molar-refractivity contribution in [2.75, 3.05) is 44.7 Å². The molecule has 10 heteroatoms. The van der Waals surface area contributed by atoms with Crippen LogP contribution in [0.5, 0.6) is 0 Å². The summed E-state index contributed by atoms with van der Waals surface area (Å²) in [5.74, 6) is 0.422. The fourth-order valence-corrected chi connectivity index (χ4v) is 2.78. The number of rotatable bonds is 3. The smallest absolute Gasteiger partial charge is 0.290 e. The maximum atomic E-state index is 9.71. The van der Waals surface area contributed by atoms with E-state index in [0.29, 0.717) is 5.82 Å². The number of imidazole rings is 1. The van der Waals surface area contributed by atoms with Crippen LogP contribution in [-0.4, -0.2) is 88.1 Å². The number of aliphatic hydroxyl groups excluding tert-OH is 2. The van der Waals surface area contributed by atoms with Gasteiger partial charge in [0.05, 0.1) is 17.6 Å². The molecule has 27 heavy (non-hydrogen) atoms. The number of hydrogen-bond acceptors (Lipinski definition) is 7. The average Bonchev–Trinajstić information content (AvgIpc) is 3.08. The minimum atomic E-state index is -0.955. The third-order valence-corrected chi connectivity index (χ3v) is 4.14. The number of nitrogens with one attached hydrogen (secondary N) is 1. The summed E-state index contributed by atoms with van der Waals surface area (Å²) in [7, 11) is 2.14. The van der Waals surface area contributed by atoms with Crippen molar-refractivity contribution in [3.8, 4) is 0 Å². The lowest BCUT2D eigenvalue weighted by Crippen LogP contribution is -2.44. The molecule has 1 atom stereocenters. The fraction of sp³-hybridized carbons (Fsp3) is 0.471. The zero-order valence-electron chi connectivity index (χ0n) is 15.4. The lowest BCUT2D eigenvalue weighted by atomic mass is 10.1. The van der Waals surface area contributed by atoms with Crippen molar-refractivity contribution in [3.05, 3.63) is 23.5 Å². The first-order valence-electron chi connectivity index (χ1n) is 8.30. The summed E-state index contributed by atoms with van der Waals surface area (Å²) in [4.78, 5) is 28.9. The van der Waals surface area contributed by atoms with Gasteiger partial charge in [0.25, 0.3) is 12.9 Å². The van der Waals surface area contributed by atoms with Crippen molar-refractivity contribution < 1.29 is 30.0 Å². The van der Waals surface area contributed by atoms with E-state index in [1.807, 2.05) is 6.92 Å². The molecule has 0 bridgehead atoms. The Morgan fingerprint density at radius 1 is 1.19 bits per heavy atom. The van der Waals surface area contributed by atoms with Gasteiger partial charge in [-0.3, -0.25) is 9.59 Å². The molecule has 10 nitrogen and oxygen atoms in total. The Morgan fingerprint density at radius 2 is 1.74 bits per heavy atom. The van der Waals surface area contributed by atoms with E-state index in [4.69, 9.17) is 24.9 Å². The van der Waals surface area contributed by atoms with Crippen molar-refractivity contribution in [1.82, 2.24) is 14.9 Å². The first-order chi connectivity index (χ1) is 12.9. The lowest BCUT2D eigenvalue weighted by Gasteiger charge is -2.34. The molecule has 0 aliphatic carbocycles. The third-order valence-electron chi connectivity index (χ3n) is 4.14. The van der Waals surface area contributed by atoms with Gasteiger partial charge in [-0.25, -0.2) is 4.98 Å². The number of benzene rings is 1. The second-order valence-corrected chi connectivity index (χ2v) is 5.98. The van der Waals surface area contributed by atoms with Crippen LogP contribution in [0.15, 0.2) is 12.1 Å². The Hall–Kier alpha value is -2.69. The number of nitrogens with zero attached hydrogens (tertiary/aromatic N) is 3. The molecule has 0 radical (unpaired) electrons. The minimum absolute atomic E-state index is 0.250. The molecular formula is C17H26N4O6. The molecule has 3 rings (SSSR count). The number of aromatic amines is 1. The number of likely N-dealkylation sites (N-methyl/N-ethyl adjacent to an activating group) is 1. The van der Waals surface area contributed by atoms with Gasteiger partial charge in [-0.1, -0.05) is 0 Å². The molecular weight excluding hydrogens is 356 g/mol. The number of anilines is 1. The second-order valence-electron chi connectivity index (χ2n) is 5.98. The first kappa shape index (κ1) is 22.4. The third kappa shape index (κ3) is 6.20. The maximum Gasteiger partial charge on any atom is 0.290 e. The number of carboxylic acid groups (broad SMARTS) is 2. The second kappa shape index (κ2) is 11.1. The molecule has 1 aliphatic rings. The largest absolute Gasteiger partial charge is 0.483 e. The van der Waals surface area contributed by atoms with Crippen LogP contribution in [0.25, 0.3) is 11.0 Å². The highest BCUT2D eigenvalue weighted by Gasteiger charge is 2.17. The summed E-state index contributed by atoms with van der Waals surface area (Å²) >= 11 is 0. The van der Waals surface area contributed by atoms with Gasteiger partial charge in [-0.15, -0.1) is 0 Å². The van der Waals surface area contributed by atoms with Gasteiger partial charge in [-0.2, -0.15) is 0 Å². The molecule has 1 aliphatic heterocycles. The number of hydrogen-bond donors (Lipinski definition) is 5. The van der Waals surface area contributed by atoms with Gasteiger partial charge in [0.15, 0.2) is 0 Å². The van der Waals surface area contributed by atoms with Crippen molar-refractivity contribution in [2.24, 2.45) is 0 Å². The standard InChI is InChI=1S/C15H22N4O2.2CH2O2/c1-10-7-11(19-5-3-18(2)4-6-19)8-12-14(10)17-15(16-12)13(21)9-20;2*2-1-3/h7-8,13,20-21H,3-6,9H2,1-2H3,(H,16,17);2*1H,(H,2,3). The van der Waals surface area contributed by atoms with Crippen LogP contribution in [0, 0.1) is 6.92 Å². The zero-order chi connectivity index (χ0) is 20.4. The van der Waals surface area contributed by atoms with E-state index in [1.165, 1.54) is 5.69 Å². The van der Waals surface area contributed by atoms with Crippen LogP contribution in [0.1, 0.15) is 17.5 Å². The van der Waals surface area contributed by atoms with E-state index in [9.17, 15) is 5.11 Å². The van der Waals surface area contributed by atoms with Crippen molar-refractivity contribution in [2.45, 2.75) is 13.0 Å². The molecule has 0 spiro atoms. The van der Waals surface area contributed by atoms with E-state index >= 15 is 0 Å². The summed E-state index contributed by atoms with van der Waals surface area (Å²) in [6.45, 7) is 5.36. The molecule has 2 aromatic rings. The first-order valence-corrected chi connectivity index (χ1v) is 8.30. The number of aliphatic hydroxyl groups is 2. The predicted molar refractivity (Wildman–Crippen MR) is 100.0 cm³/mol. The number of H-pyrrole nitrogens is 1. The maximum absolute atomic E-state index is 9.71. The van der Waals surface area contributed by atoms with Gasteiger partial charge < -0.3 is 35.2 Å². The zero-order valence-corrected chi connectivity index (χ0v) is 15.4. The van der Waals surface area contributed by atoms with Gasteiger partial charge in [0.1, 0.15) is 11.9 Å². The Morgan fingerprint density at radius 3 is 2.26 bits per heavy atom. The molecule has 150 valence electrons. The summed E-state index contributed by atoms with van der Waals surface area (Å²) in [6, 6.07) is 4.22. The highest BCUT2D eigenvalue weighted by molar-refractivity contribution is 5.83. The van der Waals surface area contributed by atoms with Gasteiger partial charge in [-0.05, 0) is 31.7 Å². The van der Waals surface area contributed by atoms with E-state index in [-0.39, 0.29) is 19.6 Å². The quantitative estimate of drug-likeness (QED) is 0.464. The highest BCUT2D eigenvalue weighted by Crippen LogP contribution is 2.26. The van der Waals surface area contributed by atoms with Crippen LogP contribution in [0.2, 0.25) is 0 Å². The van der Waals surface area contributed by atoms with Crippen LogP contribution < -0.4 is 4.90 Å². The van der Waals surface area contributed by atoms with Crippen molar-refractivity contribution in [3.63, 3.8) is 0 Å². The number of fused-ring (bicyclic) bond motifs is 1. The molecule has 1 unspecified atom stereocenters. The van der Waals surface area contributed by atoms with Crippen molar-refractivity contribution >= 4 is 29.7 Å². The summed E-state index contributed by atoms with van der Waals surface area (Å²) in [6.07, 6.45) is -0.955. The summed E-state index contributed by atoms with van der Waals surface area (Å²) in [5.41, 5.74) is 4.03. The van der Waals surface area contributed by atoms with E-state index in [1.54, 1.807) is 0 Å². The number of piperazine rings is 1. The molecule has 1 saturated heterocycles. The van der Waals surface area contributed by atoms with Gasteiger partial charge >= 0.3 is 0 Å². The van der Waals surface area contributed by atoms with Crippen LogP contribution in [0.3, 0.4) is 0 Å². The number of carbonyl (C=O) groups is 2. The topological polar surface area (TPSA) is 150 Å². The minimum Gasteiger partial charge on any atom is -0.483 e. The molecule has 1 fully saturated rings. The number of aromatic nitrogens is 2. The SMILES string of the molecule is Cc1cc(N2CCN(C)CC2)cc2[nH]c(C(O)CO)nc12.O=CO.O=CO. The predicted octanol–water partition coefficient (Wildman–Crippen LogP) is 0.0504. The monoisotopic (exact) mass is 382 g/mol. The summed E-state index contributed by atoms with van der Waals surface area (Å²) in [5, 5.41) is 32.5. The number of aryl methyl sites for hydroxylation is 1. The van der Waals surface area contributed by atoms with Crippen LogP contribution >= 0.6 is 0 Å². The van der Waals surface area contributed by atoms with E-state index in [0.717, 1.165) is 42.8 Å². The fourth-order valence-electron chi connectivity index (χ4n) is 2.78. The van der Waals surface area contributed by atoms with Crippen molar-refractivity contribution in [1.29, 1.82) is 0 Å². The normalized spacial score (nSPS) is 15.2. The molecule has 0 amide bonds. The van der Waals surface area contributed by atoms with E-state index < -0.39 is 6.10 Å². The Balaban J connectivity index is 0.000000540. The molecule has 0 saturated carbocycles. The van der Waals surface area contributed by atoms with Gasteiger partial charge in [0.2, 0.25) is 0 Å². The Kier molecular flexibility index (Phi) is 9.20. The van der Waals surface area contributed by atoms with Gasteiger partial charge in [0, 0.05) is 31.9 Å².